The van der Waals surface area contributed by atoms with Crippen molar-refractivity contribution in [2.24, 2.45) is 0 Å². The van der Waals surface area contributed by atoms with Gasteiger partial charge in [-0.05, 0) is 24.1 Å². The van der Waals surface area contributed by atoms with Crippen LogP contribution in [0.1, 0.15) is 35.2 Å². The molecule has 4 heteroatoms. The number of ether oxygens (including phenoxy) is 2. The van der Waals surface area contributed by atoms with Crippen molar-refractivity contribution in [1.82, 2.24) is 0 Å². The van der Waals surface area contributed by atoms with Gasteiger partial charge in [-0.3, -0.25) is 4.79 Å². The number of carbonyl (C=O) groups is 2. The fourth-order valence-corrected chi connectivity index (χ4v) is 1.65. The molecule has 1 aromatic carbocycles. The van der Waals surface area contributed by atoms with Crippen LogP contribution in [0.4, 0.5) is 0 Å². The molecule has 0 N–H and O–H groups in total. The van der Waals surface area contributed by atoms with E-state index < -0.39 is 0 Å². The second-order valence-corrected chi connectivity index (χ2v) is 3.60. The van der Waals surface area contributed by atoms with E-state index in [4.69, 9.17) is 4.74 Å². The van der Waals surface area contributed by atoms with E-state index in [0.717, 1.165) is 5.56 Å². The molecule has 0 fully saturated rings. The molecule has 1 aromatic rings. The van der Waals surface area contributed by atoms with E-state index in [-0.39, 0.29) is 17.9 Å². The highest BCUT2D eigenvalue weighted by Gasteiger charge is 2.19. The standard InChI is InChI=1S/C13H16O4/c1-4-11(13(15)17-3)9-5-7-10(8-6-9)12(14)16-2/h5-8,11H,4H2,1-3H3/t11-/m0/s1. The molecule has 0 saturated heterocycles. The van der Waals surface area contributed by atoms with E-state index in [1.54, 1.807) is 24.3 Å². The molecule has 0 aliphatic rings. The average Bonchev–Trinajstić information content (AvgIpc) is 2.39. The lowest BCUT2D eigenvalue weighted by atomic mass is 9.96. The predicted octanol–water partition coefficient (Wildman–Crippen LogP) is 2.14. The molecule has 0 unspecified atom stereocenters. The number of carbonyl (C=O) groups excluding carboxylic acids is 2. The molecule has 17 heavy (non-hydrogen) atoms. The molecule has 0 radical (unpaired) electrons. The Hall–Kier alpha value is -1.84. The van der Waals surface area contributed by atoms with Gasteiger partial charge in [0.05, 0.1) is 25.7 Å². The van der Waals surface area contributed by atoms with Gasteiger partial charge >= 0.3 is 11.9 Å². The molecule has 92 valence electrons. The van der Waals surface area contributed by atoms with Gasteiger partial charge in [-0.2, -0.15) is 0 Å². The molecule has 1 atom stereocenters. The zero-order chi connectivity index (χ0) is 12.8. The Bertz CT molecular complexity index is 394. The molecule has 0 aliphatic carbocycles. The molecular weight excluding hydrogens is 220 g/mol. The lowest BCUT2D eigenvalue weighted by Crippen LogP contribution is -2.13. The molecule has 0 spiro atoms. The van der Waals surface area contributed by atoms with Crippen molar-refractivity contribution in [2.75, 3.05) is 14.2 Å². The second-order valence-electron chi connectivity index (χ2n) is 3.60. The zero-order valence-corrected chi connectivity index (χ0v) is 10.2. The van der Waals surface area contributed by atoms with E-state index in [1.165, 1.54) is 14.2 Å². The first-order chi connectivity index (χ1) is 8.13. The number of esters is 2. The second kappa shape index (κ2) is 6.03. The number of hydrogen-bond acceptors (Lipinski definition) is 4. The van der Waals surface area contributed by atoms with Crippen LogP contribution < -0.4 is 0 Å². The van der Waals surface area contributed by atoms with Gasteiger partial charge in [-0.15, -0.1) is 0 Å². The van der Waals surface area contributed by atoms with Crippen molar-refractivity contribution >= 4 is 11.9 Å². The summed E-state index contributed by atoms with van der Waals surface area (Å²) in [6, 6.07) is 6.79. The van der Waals surface area contributed by atoms with E-state index >= 15 is 0 Å². The van der Waals surface area contributed by atoms with Gasteiger partial charge in [0.2, 0.25) is 0 Å². The van der Waals surface area contributed by atoms with Crippen molar-refractivity contribution in [2.45, 2.75) is 19.3 Å². The Balaban J connectivity index is 2.92. The van der Waals surface area contributed by atoms with Gasteiger partial charge in [0.1, 0.15) is 0 Å². The first kappa shape index (κ1) is 13.2. The summed E-state index contributed by atoms with van der Waals surface area (Å²) in [5, 5.41) is 0. The molecule has 0 bridgehead atoms. The summed E-state index contributed by atoms with van der Waals surface area (Å²) < 4.78 is 9.33. The maximum Gasteiger partial charge on any atom is 0.337 e. The zero-order valence-electron chi connectivity index (χ0n) is 10.2. The average molecular weight is 236 g/mol. The van der Waals surface area contributed by atoms with Crippen LogP contribution in [0.15, 0.2) is 24.3 Å². The topological polar surface area (TPSA) is 52.6 Å². The molecule has 4 nitrogen and oxygen atoms in total. The van der Waals surface area contributed by atoms with Crippen LogP contribution in [0.5, 0.6) is 0 Å². The minimum atomic E-state index is -0.386. The monoisotopic (exact) mass is 236 g/mol. The van der Waals surface area contributed by atoms with E-state index in [2.05, 4.69) is 4.74 Å². The Morgan fingerprint density at radius 3 is 2.12 bits per heavy atom. The number of hydrogen-bond donors (Lipinski definition) is 0. The van der Waals surface area contributed by atoms with Gasteiger partial charge in [0.25, 0.3) is 0 Å². The molecule has 1 rings (SSSR count). The minimum absolute atomic E-state index is 0.265. The number of benzene rings is 1. The first-order valence-electron chi connectivity index (χ1n) is 5.40. The predicted molar refractivity (Wildman–Crippen MR) is 62.8 cm³/mol. The maximum absolute atomic E-state index is 11.5. The van der Waals surface area contributed by atoms with Crippen LogP contribution in [0.25, 0.3) is 0 Å². The third-order valence-corrected chi connectivity index (χ3v) is 2.63. The highest BCUT2D eigenvalue weighted by atomic mass is 16.5. The highest BCUT2D eigenvalue weighted by molar-refractivity contribution is 5.89. The normalized spacial score (nSPS) is 11.7. The van der Waals surface area contributed by atoms with Gasteiger partial charge in [-0.1, -0.05) is 19.1 Å². The van der Waals surface area contributed by atoms with Crippen LogP contribution in [-0.4, -0.2) is 26.2 Å². The molecule has 0 heterocycles. The summed E-state index contributed by atoms with van der Waals surface area (Å²) in [5.41, 5.74) is 1.31. The Morgan fingerprint density at radius 2 is 1.71 bits per heavy atom. The van der Waals surface area contributed by atoms with Crippen molar-refractivity contribution in [1.29, 1.82) is 0 Å². The third-order valence-electron chi connectivity index (χ3n) is 2.63. The Morgan fingerprint density at radius 1 is 1.12 bits per heavy atom. The summed E-state index contributed by atoms with van der Waals surface area (Å²) in [6.45, 7) is 1.91. The van der Waals surface area contributed by atoms with Crippen LogP contribution in [-0.2, 0) is 14.3 Å². The summed E-state index contributed by atoms with van der Waals surface area (Å²) in [7, 11) is 2.70. The van der Waals surface area contributed by atoms with Gasteiger partial charge in [0.15, 0.2) is 0 Å². The van der Waals surface area contributed by atoms with E-state index in [9.17, 15) is 9.59 Å². The number of rotatable bonds is 4. The van der Waals surface area contributed by atoms with Crippen molar-refractivity contribution < 1.29 is 19.1 Å². The fraction of sp³-hybridized carbons (Fsp3) is 0.385. The van der Waals surface area contributed by atoms with Crippen LogP contribution in [0.2, 0.25) is 0 Å². The number of methoxy groups -OCH3 is 2. The van der Waals surface area contributed by atoms with Crippen LogP contribution in [0.3, 0.4) is 0 Å². The van der Waals surface area contributed by atoms with Crippen LogP contribution >= 0.6 is 0 Å². The van der Waals surface area contributed by atoms with Gasteiger partial charge in [0, 0.05) is 0 Å². The molecular formula is C13H16O4. The Kier molecular flexibility index (Phi) is 4.69. The van der Waals surface area contributed by atoms with Gasteiger partial charge in [-0.25, -0.2) is 4.79 Å². The van der Waals surface area contributed by atoms with Crippen molar-refractivity contribution in [3.63, 3.8) is 0 Å². The van der Waals surface area contributed by atoms with E-state index in [0.29, 0.717) is 12.0 Å². The molecule has 0 saturated carbocycles. The summed E-state index contributed by atoms with van der Waals surface area (Å²) in [6.07, 6.45) is 0.657. The third kappa shape index (κ3) is 3.06. The smallest absolute Gasteiger partial charge is 0.337 e. The molecule has 0 aliphatic heterocycles. The van der Waals surface area contributed by atoms with E-state index in [1.807, 2.05) is 6.92 Å². The lowest BCUT2D eigenvalue weighted by Gasteiger charge is -2.12. The minimum Gasteiger partial charge on any atom is -0.469 e. The molecule has 0 amide bonds. The maximum atomic E-state index is 11.5. The van der Waals surface area contributed by atoms with Crippen molar-refractivity contribution in [3.8, 4) is 0 Å². The van der Waals surface area contributed by atoms with Crippen molar-refractivity contribution in [3.05, 3.63) is 35.4 Å². The summed E-state index contributed by atoms with van der Waals surface area (Å²) >= 11 is 0. The SMILES string of the molecule is CC[C@H](C(=O)OC)c1ccc(C(=O)OC)cc1. The molecule has 0 aromatic heterocycles. The lowest BCUT2D eigenvalue weighted by molar-refractivity contribution is -0.142. The Labute approximate surface area is 101 Å². The quantitative estimate of drug-likeness (QED) is 0.751. The van der Waals surface area contributed by atoms with Crippen LogP contribution in [0, 0.1) is 0 Å². The largest absolute Gasteiger partial charge is 0.469 e. The fourth-order valence-electron chi connectivity index (χ4n) is 1.65. The highest BCUT2D eigenvalue weighted by Crippen LogP contribution is 2.21. The van der Waals surface area contributed by atoms with Gasteiger partial charge < -0.3 is 9.47 Å². The summed E-state index contributed by atoms with van der Waals surface area (Å²) in [4.78, 5) is 22.7. The summed E-state index contributed by atoms with van der Waals surface area (Å²) in [5.74, 6) is -0.937. The first-order valence-corrected chi connectivity index (χ1v) is 5.40.